The molecule has 2 rings (SSSR count). The lowest BCUT2D eigenvalue weighted by molar-refractivity contribution is -0.104. The van der Waals surface area contributed by atoms with E-state index in [1.165, 1.54) is 37.7 Å². The van der Waals surface area contributed by atoms with Crippen molar-refractivity contribution < 1.29 is 4.79 Å². The van der Waals surface area contributed by atoms with Crippen LogP contribution in [0, 0.1) is 17.3 Å². The molecule has 3 atom stereocenters. The lowest BCUT2D eigenvalue weighted by Crippen LogP contribution is -2.30. The monoisotopic (exact) mass is 218 g/mol. The zero-order valence-corrected chi connectivity index (χ0v) is 10.5. The molecule has 0 saturated heterocycles. The second-order valence-corrected chi connectivity index (χ2v) is 5.87. The maximum absolute atomic E-state index is 10.7. The topological polar surface area (TPSA) is 17.1 Å². The number of aldehydes is 1. The van der Waals surface area contributed by atoms with E-state index < -0.39 is 0 Å². The highest BCUT2D eigenvalue weighted by Gasteiger charge is 2.46. The molecule has 1 unspecified atom stereocenters. The Morgan fingerprint density at radius 1 is 1.50 bits per heavy atom. The number of fused-ring (bicyclic) bond motifs is 1. The molecular weight excluding hydrogens is 196 g/mol. The first-order valence-electron chi connectivity index (χ1n) is 6.38. The summed E-state index contributed by atoms with van der Waals surface area (Å²) in [5.74, 6) is 1.18. The van der Waals surface area contributed by atoms with Crippen molar-refractivity contribution in [3.05, 3.63) is 23.8 Å². The summed E-state index contributed by atoms with van der Waals surface area (Å²) in [5, 5.41) is 0. The van der Waals surface area contributed by atoms with Crippen molar-refractivity contribution in [2.45, 2.75) is 46.0 Å². The van der Waals surface area contributed by atoms with E-state index in [-0.39, 0.29) is 0 Å². The molecule has 0 amide bonds. The summed E-state index contributed by atoms with van der Waals surface area (Å²) in [6.07, 6.45) is 9.50. The molecule has 2 aliphatic rings. The van der Waals surface area contributed by atoms with E-state index in [2.05, 4.69) is 19.6 Å². The molecule has 16 heavy (non-hydrogen) atoms. The van der Waals surface area contributed by atoms with Gasteiger partial charge in [-0.25, -0.2) is 0 Å². The number of allylic oxidation sites excluding steroid dienone is 3. The molecule has 0 aromatic heterocycles. The number of hydrogen-bond acceptors (Lipinski definition) is 1. The Balaban J connectivity index is 2.24. The van der Waals surface area contributed by atoms with Gasteiger partial charge < -0.3 is 0 Å². The third-order valence-corrected chi connectivity index (χ3v) is 4.58. The normalized spacial score (nSPS) is 39.6. The molecule has 2 fully saturated rings. The average Bonchev–Trinajstić information content (AvgIpc) is 2.57. The van der Waals surface area contributed by atoms with E-state index in [9.17, 15) is 4.79 Å². The molecule has 0 aliphatic heterocycles. The van der Waals surface area contributed by atoms with Gasteiger partial charge in [0, 0.05) is 0 Å². The smallest absolute Gasteiger partial charge is 0.145 e. The predicted octanol–water partition coefficient (Wildman–Crippen LogP) is 3.90. The van der Waals surface area contributed by atoms with Gasteiger partial charge >= 0.3 is 0 Å². The molecule has 1 nitrogen and oxygen atoms in total. The van der Waals surface area contributed by atoms with E-state index >= 15 is 0 Å². The Labute approximate surface area is 98.6 Å². The van der Waals surface area contributed by atoms with Crippen molar-refractivity contribution in [3.63, 3.8) is 0 Å². The second-order valence-electron chi connectivity index (χ2n) is 5.87. The maximum Gasteiger partial charge on any atom is 0.145 e. The minimum atomic E-state index is 0.458. The van der Waals surface area contributed by atoms with Crippen LogP contribution in [-0.2, 0) is 4.79 Å². The molecule has 0 radical (unpaired) electrons. The SMILES string of the molecule is C=C1CCC[C@@]2(C)CC[C@@H](/C=C(\C)C=O)C12. The first-order valence-corrected chi connectivity index (χ1v) is 6.38. The van der Waals surface area contributed by atoms with Crippen molar-refractivity contribution in [1.82, 2.24) is 0 Å². The molecule has 0 aromatic rings. The summed E-state index contributed by atoms with van der Waals surface area (Å²) >= 11 is 0. The van der Waals surface area contributed by atoms with Gasteiger partial charge in [0.25, 0.3) is 0 Å². The van der Waals surface area contributed by atoms with Gasteiger partial charge in [-0.2, -0.15) is 0 Å². The second kappa shape index (κ2) is 4.20. The van der Waals surface area contributed by atoms with Crippen LogP contribution in [0.3, 0.4) is 0 Å². The predicted molar refractivity (Wildman–Crippen MR) is 67.1 cm³/mol. The van der Waals surface area contributed by atoms with Gasteiger partial charge in [0.2, 0.25) is 0 Å². The minimum Gasteiger partial charge on any atom is -0.298 e. The van der Waals surface area contributed by atoms with Gasteiger partial charge in [-0.1, -0.05) is 25.2 Å². The molecule has 0 bridgehead atoms. The van der Waals surface area contributed by atoms with Crippen LogP contribution in [0.15, 0.2) is 23.8 Å². The quantitative estimate of drug-likeness (QED) is 0.390. The Bertz CT molecular complexity index is 339. The van der Waals surface area contributed by atoms with Crippen LogP contribution < -0.4 is 0 Å². The Morgan fingerprint density at radius 3 is 2.94 bits per heavy atom. The number of hydrogen-bond donors (Lipinski definition) is 0. The van der Waals surface area contributed by atoms with E-state index in [1.807, 2.05) is 6.92 Å². The van der Waals surface area contributed by atoms with Crippen LogP contribution in [0.5, 0.6) is 0 Å². The molecule has 2 saturated carbocycles. The third-order valence-electron chi connectivity index (χ3n) is 4.58. The largest absolute Gasteiger partial charge is 0.298 e. The third kappa shape index (κ3) is 1.88. The molecule has 0 aromatic carbocycles. The van der Waals surface area contributed by atoms with Crippen molar-refractivity contribution in [2.24, 2.45) is 17.3 Å². The van der Waals surface area contributed by atoms with Gasteiger partial charge in [-0.05, 0) is 61.9 Å². The van der Waals surface area contributed by atoms with Crippen molar-refractivity contribution in [2.75, 3.05) is 0 Å². The summed E-state index contributed by atoms with van der Waals surface area (Å²) in [7, 11) is 0. The molecule has 1 heteroatoms. The lowest BCUT2D eigenvalue weighted by Gasteiger charge is -2.39. The molecular formula is C15H22O. The first kappa shape index (κ1) is 11.6. The van der Waals surface area contributed by atoms with E-state index in [0.29, 0.717) is 17.3 Å². The number of rotatable bonds is 2. The van der Waals surface area contributed by atoms with Crippen LogP contribution >= 0.6 is 0 Å². The Morgan fingerprint density at radius 2 is 2.25 bits per heavy atom. The summed E-state index contributed by atoms with van der Waals surface area (Å²) in [4.78, 5) is 10.7. The Hall–Kier alpha value is -0.850. The van der Waals surface area contributed by atoms with E-state index in [1.54, 1.807) is 0 Å². The van der Waals surface area contributed by atoms with Crippen LogP contribution in [-0.4, -0.2) is 6.29 Å². The zero-order valence-electron chi connectivity index (χ0n) is 10.5. The lowest BCUT2D eigenvalue weighted by atomic mass is 9.65. The van der Waals surface area contributed by atoms with Gasteiger partial charge in [-0.3, -0.25) is 4.79 Å². The fourth-order valence-electron chi connectivity index (χ4n) is 3.84. The van der Waals surface area contributed by atoms with Crippen LogP contribution in [0.1, 0.15) is 46.0 Å². The Kier molecular flexibility index (Phi) is 3.05. The van der Waals surface area contributed by atoms with Crippen molar-refractivity contribution >= 4 is 6.29 Å². The van der Waals surface area contributed by atoms with E-state index in [4.69, 9.17) is 0 Å². The minimum absolute atomic E-state index is 0.458. The van der Waals surface area contributed by atoms with Gasteiger partial charge in [0.1, 0.15) is 6.29 Å². The number of carbonyl (C=O) groups is 1. The summed E-state index contributed by atoms with van der Waals surface area (Å²) in [6.45, 7) is 8.59. The summed E-state index contributed by atoms with van der Waals surface area (Å²) in [5.41, 5.74) is 2.76. The summed E-state index contributed by atoms with van der Waals surface area (Å²) in [6, 6.07) is 0. The fourth-order valence-corrected chi connectivity index (χ4v) is 3.84. The molecule has 0 heterocycles. The van der Waals surface area contributed by atoms with Crippen LogP contribution in [0.25, 0.3) is 0 Å². The standard InChI is InChI=1S/C15H22O/c1-11(10-16)9-13-6-8-15(3)7-4-5-12(2)14(13)15/h9-10,13-14H,2,4-8H2,1,3H3/b11-9+/t13-,14?,15-/m0/s1. The molecule has 0 N–H and O–H groups in total. The van der Waals surface area contributed by atoms with Gasteiger partial charge in [0.05, 0.1) is 0 Å². The van der Waals surface area contributed by atoms with Crippen LogP contribution in [0.4, 0.5) is 0 Å². The zero-order chi connectivity index (χ0) is 11.8. The summed E-state index contributed by atoms with van der Waals surface area (Å²) < 4.78 is 0. The van der Waals surface area contributed by atoms with Crippen molar-refractivity contribution in [1.29, 1.82) is 0 Å². The van der Waals surface area contributed by atoms with Crippen molar-refractivity contribution in [3.8, 4) is 0 Å². The van der Waals surface area contributed by atoms with Crippen LogP contribution in [0.2, 0.25) is 0 Å². The number of carbonyl (C=O) groups excluding carboxylic acids is 1. The van der Waals surface area contributed by atoms with E-state index in [0.717, 1.165) is 11.9 Å². The average molecular weight is 218 g/mol. The maximum atomic E-state index is 10.7. The highest BCUT2D eigenvalue weighted by Crippen LogP contribution is 2.56. The van der Waals surface area contributed by atoms with Gasteiger partial charge in [-0.15, -0.1) is 0 Å². The highest BCUT2D eigenvalue weighted by molar-refractivity contribution is 5.72. The molecule has 2 aliphatic carbocycles. The molecule has 0 spiro atoms. The highest BCUT2D eigenvalue weighted by atomic mass is 16.1. The first-order chi connectivity index (χ1) is 7.57. The fraction of sp³-hybridized carbons (Fsp3) is 0.667. The molecule has 88 valence electrons. The van der Waals surface area contributed by atoms with Gasteiger partial charge in [0.15, 0.2) is 0 Å².